The molecule has 29 heavy (non-hydrogen) atoms. The van der Waals surface area contributed by atoms with Crippen molar-refractivity contribution in [1.82, 2.24) is 9.29 Å². The molecule has 0 saturated carbocycles. The Morgan fingerprint density at radius 1 is 1.24 bits per heavy atom. The number of rotatable bonds is 6. The molecule has 158 valence electrons. The average Bonchev–Trinajstić information content (AvgIpc) is 2.62. The monoisotopic (exact) mass is 467 g/mol. The molecule has 0 bridgehead atoms. The molecule has 2 rings (SSSR count). The Bertz CT molecular complexity index is 997. The van der Waals surface area contributed by atoms with Crippen LogP contribution in [0.3, 0.4) is 0 Å². The van der Waals surface area contributed by atoms with E-state index in [1.165, 1.54) is 39.2 Å². The minimum absolute atomic E-state index is 0.0139. The number of carbonyl (C=O) groups is 1. The third-order valence-electron chi connectivity index (χ3n) is 3.70. The van der Waals surface area contributed by atoms with E-state index in [4.69, 9.17) is 11.6 Å². The second kappa shape index (κ2) is 8.90. The van der Waals surface area contributed by atoms with Crippen molar-refractivity contribution < 1.29 is 26.4 Å². The van der Waals surface area contributed by atoms with Gasteiger partial charge >= 0.3 is 6.18 Å². The zero-order valence-corrected chi connectivity index (χ0v) is 17.9. The highest BCUT2D eigenvalue weighted by molar-refractivity contribution is 8.00. The minimum Gasteiger partial charge on any atom is -0.325 e. The molecule has 0 aliphatic rings. The molecule has 1 N–H and O–H groups in total. The number of amides is 1. The quantitative estimate of drug-likeness (QED) is 0.646. The van der Waals surface area contributed by atoms with E-state index in [0.717, 1.165) is 34.4 Å². The molecule has 0 saturated heterocycles. The van der Waals surface area contributed by atoms with Crippen LogP contribution in [0.25, 0.3) is 0 Å². The number of aromatic nitrogens is 1. The smallest absolute Gasteiger partial charge is 0.325 e. The maximum absolute atomic E-state index is 13.1. The van der Waals surface area contributed by atoms with E-state index < -0.39 is 38.6 Å². The first kappa shape index (κ1) is 23.5. The number of halogens is 4. The van der Waals surface area contributed by atoms with Gasteiger partial charge in [-0.3, -0.25) is 4.79 Å². The van der Waals surface area contributed by atoms with Crippen molar-refractivity contribution in [3.05, 3.63) is 47.1 Å². The van der Waals surface area contributed by atoms with Crippen LogP contribution in [0, 0.1) is 0 Å². The molecule has 2 aromatic rings. The molecule has 6 nitrogen and oxygen atoms in total. The van der Waals surface area contributed by atoms with Crippen molar-refractivity contribution in [1.29, 1.82) is 0 Å². The normalized spacial score (nSPS) is 13.4. The number of anilines is 1. The number of pyridine rings is 1. The summed E-state index contributed by atoms with van der Waals surface area (Å²) in [6.07, 6.45) is -3.53. The molecule has 1 aromatic heterocycles. The van der Waals surface area contributed by atoms with E-state index in [-0.39, 0.29) is 9.92 Å². The number of nitrogens with one attached hydrogen (secondary N) is 1. The molecule has 0 spiro atoms. The van der Waals surface area contributed by atoms with Gasteiger partial charge in [-0.05, 0) is 37.3 Å². The highest BCUT2D eigenvalue weighted by Gasteiger charge is 2.34. The molecule has 0 aliphatic heterocycles. The van der Waals surface area contributed by atoms with Crippen LogP contribution in [-0.2, 0) is 21.0 Å². The van der Waals surface area contributed by atoms with Crippen molar-refractivity contribution in [3.63, 3.8) is 0 Å². The molecular formula is C17H17ClF3N3O3S2. The van der Waals surface area contributed by atoms with Gasteiger partial charge in [-0.1, -0.05) is 23.4 Å². The molecule has 1 heterocycles. The predicted molar refractivity (Wildman–Crippen MR) is 106 cm³/mol. The van der Waals surface area contributed by atoms with Gasteiger partial charge in [0, 0.05) is 25.3 Å². The SMILES string of the molecule is CC(Sc1ccc(S(=O)(=O)N(C)C)cn1)C(=O)Nc1ccc(Cl)cc1C(F)(F)F. The van der Waals surface area contributed by atoms with Gasteiger partial charge in [0.25, 0.3) is 0 Å². The number of sulfonamides is 1. The topological polar surface area (TPSA) is 79.4 Å². The Kier molecular flexibility index (Phi) is 7.20. The lowest BCUT2D eigenvalue weighted by atomic mass is 10.1. The molecule has 0 fully saturated rings. The summed E-state index contributed by atoms with van der Waals surface area (Å²) in [6.45, 7) is 1.50. The fourth-order valence-corrected chi connectivity index (χ4v) is 3.94. The van der Waals surface area contributed by atoms with Crippen LogP contribution in [0.1, 0.15) is 12.5 Å². The maximum Gasteiger partial charge on any atom is 0.418 e. The van der Waals surface area contributed by atoms with Crippen molar-refractivity contribution >= 4 is 45.0 Å². The standard InChI is InChI=1S/C17H17ClF3N3O3S2/c1-10(28-15-7-5-12(9-22-15)29(26,27)24(2)3)16(25)23-14-6-4-11(18)8-13(14)17(19,20)21/h4-10H,1-3H3,(H,23,25). The molecule has 1 aromatic carbocycles. The van der Waals surface area contributed by atoms with Crippen LogP contribution < -0.4 is 5.32 Å². The average molecular weight is 468 g/mol. The van der Waals surface area contributed by atoms with Gasteiger partial charge in [0.2, 0.25) is 15.9 Å². The van der Waals surface area contributed by atoms with Gasteiger partial charge < -0.3 is 5.32 Å². The summed E-state index contributed by atoms with van der Waals surface area (Å²) in [5, 5.41) is 1.69. The number of benzene rings is 1. The van der Waals surface area contributed by atoms with Gasteiger partial charge in [-0.15, -0.1) is 0 Å². The third-order valence-corrected chi connectivity index (χ3v) is 6.78. The molecule has 0 radical (unpaired) electrons. The number of thioether (sulfide) groups is 1. The van der Waals surface area contributed by atoms with Gasteiger partial charge in [0.1, 0.15) is 4.90 Å². The Morgan fingerprint density at radius 3 is 2.41 bits per heavy atom. The lowest BCUT2D eigenvalue weighted by Gasteiger charge is -2.16. The highest BCUT2D eigenvalue weighted by atomic mass is 35.5. The Hall–Kier alpha value is -1.82. The lowest BCUT2D eigenvalue weighted by molar-refractivity contribution is -0.137. The molecular weight excluding hydrogens is 451 g/mol. The van der Waals surface area contributed by atoms with E-state index in [0.29, 0.717) is 5.03 Å². The summed E-state index contributed by atoms with van der Waals surface area (Å²) in [4.78, 5) is 16.3. The van der Waals surface area contributed by atoms with Crippen molar-refractivity contribution in [2.75, 3.05) is 19.4 Å². The number of carbonyl (C=O) groups excluding carboxylic acids is 1. The van der Waals surface area contributed by atoms with Crippen molar-refractivity contribution in [3.8, 4) is 0 Å². The number of hydrogen-bond donors (Lipinski definition) is 1. The summed E-state index contributed by atoms with van der Waals surface area (Å²) in [5.41, 5.74) is -1.45. The number of hydrogen-bond acceptors (Lipinski definition) is 5. The van der Waals surface area contributed by atoms with Crippen LogP contribution in [-0.4, -0.2) is 43.0 Å². The Labute approximate surface area is 175 Å². The molecule has 1 unspecified atom stereocenters. The summed E-state index contributed by atoms with van der Waals surface area (Å²) in [7, 11) is -0.866. The second-order valence-electron chi connectivity index (χ2n) is 6.06. The molecule has 12 heteroatoms. The van der Waals surface area contributed by atoms with Crippen LogP contribution in [0.2, 0.25) is 5.02 Å². The Balaban J connectivity index is 2.13. The van der Waals surface area contributed by atoms with Gasteiger partial charge in [0.15, 0.2) is 0 Å². The first-order valence-electron chi connectivity index (χ1n) is 8.05. The van der Waals surface area contributed by atoms with Crippen LogP contribution in [0.4, 0.5) is 18.9 Å². The largest absolute Gasteiger partial charge is 0.418 e. The number of nitrogens with zero attached hydrogens (tertiary/aromatic N) is 2. The van der Waals surface area contributed by atoms with Gasteiger partial charge in [0.05, 0.1) is 21.5 Å². The first-order valence-corrected chi connectivity index (χ1v) is 10.7. The van der Waals surface area contributed by atoms with E-state index in [1.54, 1.807) is 0 Å². The van der Waals surface area contributed by atoms with Crippen molar-refractivity contribution in [2.24, 2.45) is 0 Å². The van der Waals surface area contributed by atoms with Crippen LogP contribution in [0.15, 0.2) is 46.5 Å². The van der Waals surface area contributed by atoms with E-state index in [9.17, 15) is 26.4 Å². The summed E-state index contributed by atoms with van der Waals surface area (Å²) in [5.74, 6) is -0.672. The fourth-order valence-electron chi connectivity index (χ4n) is 2.13. The summed E-state index contributed by atoms with van der Waals surface area (Å²) < 4.78 is 64.5. The Morgan fingerprint density at radius 2 is 1.90 bits per heavy atom. The maximum atomic E-state index is 13.1. The first-order chi connectivity index (χ1) is 13.3. The zero-order valence-electron chi connectivity index (χ0n) is 15.5. The fraction of sp³-hybridized carbons (Fsp3) is 0.294. The van der Waals surface area contributed by atoms with E-state index >= 15 is 0 Å². The molecule has 0 aliphatic carbocycles. The highest BCUT2D eigenvalue weighted by Crippen LogP contribution is 2.37. The lowest BCUT2D eigenvalue weighted by Crippen LogP contribution is -2.24. The minimum atomic E-state index is -4.68. The van der Waals surface area contributed by atoms with Crippen LogP contribution >= 0.6 is 23.4 Å². The third kappa shape index (κ3) is 5.84. The van der Waals surface area contributed by atoms with Gasteiger partial charge in [-0.25, -0.2) is 17.7 Å². The van der Waals surface area contributed by atoms with E-state index in [1.807, 2.05) is 0 Å². The summed E-state index contributed by atoms with van der Waals surface area (Å²) >= 11 is 6.60. The van der Waals surface area contributed by atoms with Crippen molar-refractivity contribution in [2.45, 2.75) is 28.3 Å². The van der Waals surface area contributed by atoms with Crippen LogP contribution in [0.5, 0.6) is 0 Å². The second-order valence-corrected chi connectivity index (χ2v) is 10.0. The van der Waals surface area contributed by atoms with Gasteiger partial charge in [-0.2, -0.15) is 13.2 Å². The predicted octanol–water partition coefficient (Wildman–Crippen LogP) is 4.12. The van der Waals surface area contributed by atoms with E-state index in [2.05, 4.69) is 10.3 Å². The number of alkyl halides is 3. The summed E-state index contributed by atoms with van der Waals surface area (Å²) in [6, 6.07) is 5.83. The molecule has 1 amide bonds. The molecule has 1 atom stereocenters. The zero-order chi connectivity index (χ0) is 22.0.